The molecule has 1 aliphatic rings. The molecule has 0 radical (unpaired) electrons. The number of carbonyl (C=O) groups excluding carboxylic acids is 2. The molecule has 0 aromatic rings. The van der Waals surface area contributed by atoms with Gasteiger partial charge in [0, 0.05) is 19.0 Å². The summed E-state index contributed by atoms with van der Waals surface area (Å²) < 4.78 is 0. The summed E-state index contributed by atoms with van der Waals surface area (Å²) >= 11 is 0. The number of carbonyl (C=O) groups is 2. The minimum atomic E-state index is -0.368. The number of hydrogen-bond donors (Lipinski definition) is 1. The second-order valence-electron chi connectivity index (χ2n) is 5.36. The van der Waals surface area contributed by atoms with Crippen molar-refractivity contribution in [3.05, 3.63) is 12.2 Å². The van der Waals surface area contributed by atoms with Crippen LogP contribution in [0.4, 0.5) is 0 Å². The highest BCUT2D eigenvalue weighted by atomic mass is 16.2. The smallest absolute Gasteiger partial charge is 0.245 e. The molecule has 18 heavy (non-hydrogen) atoms. The first kappa shape index (κ1) is 14.7. The van der Waals surface area contributed by atoms with Crippen molar-refractivity contribution in [1.82, 2.24) is 10.2 Å². The van der Waals surface area contributed by atoms with Crippen LogP contribution in [-0.4, -0.2) is 35.3 Å². The highest BCUT2D eigenvalue weighted by molar-refractivity contribution is 5.90. The van der Waals surface area contributed by atoms with E-state index in [9.17, 15) is 9.59 Å². The summed E-state index contributed by atoms with van der Waals surface area (Å²) in [7, 11) is 0. The Labute approximate surface area is 109 Å². The average molecular weight is 252 g/mol. The van der Waals surface area contributed by atoms with E-state index < -0.39 is 0 Å². The lowest BCUT2D eigenvalue weighted by Gasteiger charge is -2.28. The van der Waals surface area contributed by atoms with E-state index >= 15 is 0 Å². The van der Waals surface area contributed by atoms with Crippen molar-refractivity contribution in [2.75, 3.05) is 6.54 Å². The Bertz CT molecular complexity index is 337. The molecule has 4 nitrogen and oxygen atoms in total. The highest BCUT2D eigenvalue weighted by Crippen LogP contribution is 2.16. The lowest BCUT2D eigenvalue weighted by atomic mass is 10.0. The molecular formula is C14H24N2O2. The minimum absolute atomic E-state index is 0.0236. The average Bonchev–Trinajstić information content (AvgIpc) is 2.35. The van der Waals surface area contributed by atoms with Gasteiger partial charge in [-0.2, -0.15) is 0 Å². The number of allylic oxidation sites excluding steroid dienone is 1. The number of nitrogens with one attached hydrogen (secondary N) is 1. The predicted molar refractivity (Wildman–Crippen MR) is 72.0 cm³/mol. The summed E-state index contributed by atoms with van der Waals surface area (Å²) in [6.07, 6.45) is 4.97. The third-order valence-corrected chi connectivity index (χ3v) is 3.17. The van der Waals surface area contributed by atoms with E-state index in [0.29, 0.717) is 25.3 Å². The van der Waals surface area contributed by atoms with Gasteiger partial charge in [-0.25, -0.2) is 0 Å². The van der Waals surface area contributed by atoms with Gasteiger partial charge in [-0.05, 0) is 26.2 Å². The monoisotopic (exact) mass is 252 g/mol. The van der Waals surface area contributed by atoms with Gasteiger partial charge in [-0.15, -0.1) is 0 Å². The Morgan fingerprint density at radius 1 is 1.44 bits per heavy atom. The van der Waals surface area contributed by atoms with Crippen LogP contribution in [0.2, 0.25) is 0 Å². The zero-order chi connectivity index (χ0) is 13.7. The zero-order valence-corrected chi connectivity index (χ0v) is 11.8. The number of hydrogen-bond acceptors (Lipinski definition) is 2. The molecule has 1 N–H and O–H groups in total. The van der Waals surface area contributed by atoms with Crippen LogP contribution in [0.5, 0.6) is 0 Å². The molecule has 1 fully saturated rings. The summed E-state index contributed by atoms with van der Waals surface area (Å²) in [4.78, 5) is 26.0. The summed E-state index contributed by atoms with van der Waals surface area (Å²) in [5, 5.41) is 2.84. The highest BCUT2D eigenvalue weighted by Gasteiger charge is 2.33. The van der Waals surface area contributed by atoms with E-state index in [-0.39, 0.29) is 23.9 Å². The van der Waals surface area contributed by atoms with Crippen molar-refractivity contribution in [3.8, 4) is 0 Å². The molecule has 0 saturated carbocycles. The topological polar surface area (TPSA) is 49.4 Å². The second-order valence-corrected chi connectivity index (χ2v) is 5.36. The Kier molecular flexibility index (Phi) is 5.38. The molecule has 0 aromatic heterocycles. The first-order valence-corrected chi connectivity index (χ1v) is 6.66. The molecule has 102 valence electrons. The van der Waals surface area contributed by atoms with Gasteiger partial charge in [0.25, 0.3) is 0 Å². The third kappa shape index (κ3) is 3.86. The molecule has 1 rings (SSSR count). The summed E-state index contributed by atoms with van der Waals surface area (Å²) in [5.74, 6) is 0.404. The predicted octanol–water partition coefficient (Wildman–Crippen LogP) is 1.71. The number of amides is 2. The van der Waals surface area contributed by atoms with Crippen LogP contribution in [0.1, 0.15) is 40.5 Å². The molecule has 0 aliphatic carbocycles. The molecule has 0 bridgehead atoms. The van der Waals surface area contributed by atoms with Gasteiger partial charge < -0.3 is 10.2 Å². The number of nitrogens with zero attached hydrogens (tertiary/aromatic N) is 1. The van der Waals surface area contributed by atoms with Crippen molar-refractivity contribution in [3.63, 3.8) is 0 Å². The number of rotatable bonds is 4. The van der Waals surface area contributed by atoms with Gasteiger partial charge in [0.2, 0.25) is 11.8 Å². The van der Waals surface area contributed by atoms with Gasteiger partial charge in [-0.3, -0.25) is 9.59 Å². The third-order valence-electron chi connectivity index (χ3n) is 3.17. The van der Waals surface area contributed by atoms with Crippen LogP contribution in [0.3, 0.4) is 0 Å². The van der Waals surface area contributed by atoms with Gasteiger partial charge in [0.05, 0.1) is 0 Å². The molecule has 2 atom stereocenters. The van der Waals surface area contributed by atoms with Crippen LogP contribution < -0.4 is 5.32 Å². The van der Waals surface area contributed by atoms with E-state index in [1.165, 1.54) is 0 Å². The quantitative estimate of drug-likeness (QED) is 0.774. The van der Waals surface area contributed by atoms with E-state index in [4.69, 9.17) is 0 Å². The SMILES string of the molecule is C/C=C/CN1C(=O)C(CC(C)C)NC(=O)CC1C. The van der Waals surface area contributed by atoms with E-state index in [1.807, 2.05) is 26.0 Å². The summed E-state index contributed by atoms with van der Waals surface area (Å²) in [6, 6.07) is -0.404. The Morgan fingerprint density at radius 2 is 2.11 bits per heavy atom. The molecule has 4 heteroatoms. The maximum absolute atomic E-state index is 12.4. The van der Waals surface area contributed by atoms with Gasteiger partial charge in [0.15, 0.2) is 0 Å². The van der Waals surface area contributed by atoms with Crippen molar-refractivity contribution < 1.29 is 9.59 Å². The Morgan fingerprint density at radius 3 is 2.67 bits per heavy atom. The van der Waals surface area contributed by atoms with Crippen molar-refractivity contribution >= 4 is 11.8 Å². The van der Waals surface area contributed by atoms with Crippen LogP contribution in [-0.2, 0) is 9.59 Å². The standard InChI is InChI=1S/C14H24N2O2/c1-5-6-7-16-11(4)9-13(17)15-12(14(16)18)8-10(2)3/h5-6,10-12H,7-9H2,1-4H3,(H,15,17)/b6-5+. The van der Waals surface area contributed by atoms with Crippen molar-refractivity contribution in [1.29, 1.82) is 0 Å². The van der Waals surface area contributed by atoms with Gasteiger partial charge in [0.1, 0.15) is 6.04 Å². The fourth-order valence-electron chi connectivity index (χ4n) is 2.23. The summed E-state index contributed by atoms with van der Waals surface area (Å²) in [5.41, 5.74) is 0. The first-order chi connectivity index (χ1) is 8.45. The molecule has 1 aliphatic heterocycles. The van der Waals surface area contributed by atoms with E-state index in [1.54, 1.807) is 4.90 Å². The van der Waals surface area contributed by atoms with Crippen LogP contribution >= 0.6 is 0 Å². The lowest BCUT2D eigenvalue weighted by molar-refractivity contribution is -0.134. The maximum Gasteiger partial charge on any atom is 0.245 e. The Hall–Kier alpha value is -1.32. The molecule has 1 saturated heterocycles. The molecule has 2 unspecified atom stereocenters. The Balaban J connectivity index is 2.86. The van der Waals surface area contributed by atoms with Crippen LogP contribution in [0.15, 0.2) is 12.2 Å². The lowest BCUT2D eigenvalue weighted by Crippen LogP contribution is -2.47. The molecular weight excluding hydrogens is 228 g/mol. The molecule has 1 heterocycles. The molecule has 2 amide bonds. The first-order valence-electron chi connectivity index (χ1n) is 6.66. The van der Waals surface area contributed by atoms with Crippen LogP contribution in [0, 0.1) is 5.92 Å². The van der Waals surface area contributed by atoms with Crippen molar-refractivity contribution in [2.45, 2.75) is 52.6 Å². The fourth-order valence-corrected chi connectivity index (χ4v) is 2.23. The zero-order valence-electron chi connectivity index (χ0n) is 11.8. The minimum Gasteiger partial charge on any atom is -0.344 e. The van der Waals surface area contributed by atoms with Gasteiger partial charge in [-0.1, -0.05) is 26.0 Å². The van der Waals surface area contributed by atoms with Crippen molar-refractivity contribution in [2.24, 2.45) is 5.92 Å². The molecule has 0 aromatic carbocycles. The summed E-state index contributed by atoms with van der Waals surface area (Å²) in [6.45, 7) is 8.56. The second kappa shape index (κ2) is 6.57. The fraction of sp³-hybridized carbons (Fsp3) is 0.714. The molecule has 0 spiro atoms. The maximum atomic E-state index is 12.4. The van der Waals surface area contributed by atoms with E-state index in [2.05, 4.69) is 19.2 Å². The van der Waals surface area contributed by atoms with E-state index in [0.717, 1.165) is 0 Å². The normalized spacial score (nSPS) is 25.7. The van der Waals surface area contributed by atoms with Crippen LogP contribution in [0.25, 0.3) is 0 Å². The van der Waals surface area contributed by atoms with Gasteiger partial charge >= 0.3 is 0 Å². The largest absolute Gasteiger partial charge is 0.344 e.